The van der Waals surface area contributed by atoms with Crippen LogP contribution in [0.25, 0.3) is 0 Å². The van der Waals surface area contributed by atoms with Gasteiger partial charge in [-0.05, 0) is 12.8 Å². The highest BCUT2D eigenvalue weighted by molar-refractivity contribution is 5.85. The maximum Gasteiger partial charge on any atom is 0.334 e. The van der Waals surface area contributed by atoms with Gasteiger partial charge in [-0.2, -0.15) is 0 Å². The number of ether oxygens (including phenoxy) is 1. The predicted octanol–water partition coefficient (Wildman–Crippen LogP) is -1.22. The standard InChI is InChI=1S/C7H15N5O4.ClH/c1-16-6(13)5(11-12(14)15)3-2-4-10-7(8)9;/h5,11H,2-4H2,1H3,(H4,8,9,10);1H. The fourth-order valence-electron chi connectivity index (χ4n) is 1.01. The van der Waals surface area contributed by atoms with Crippen molar-refractivity contribution < 1.29 is 14.6 Å². The summed E-state index contributed by atoms with van der Waals surface area (Å²) >= 11 is 0. The molecule has 0 aliphatic rings. The third-order valence-corrected chi connectivity index (χ3v) is 1.69. The SMILES string of the molecule is COC(=O)C(CCCN=C(N)N)N[N+](=O)[O-].Cl. The van der Waals surface area contributed by atoms with Gasteiger partial charge in [0.15, 0.2) is 17.0 Å². The van der Waals surface area contributed by atoms with E-state index in [9.17, 15) is 14.9 Å². The second-order valence-electron chi connectivity index (χ2n) is 2.91. The van der Waals surface area contributed by atoms with E-state index in [1.807, 2.05) is 5.43 Å². The van der Waals surface area contributed by atoms with E-state index in [1.54, 1.807) is 0 Å². The molecule has 0 aromatic heterocycles. The number of halogens is 1. The van der Waals surface area contributed by atoms with Crippen LogP contribution >= 0.6 is 12.4 Å². The normalized spacial score (nSPS) is 10.6. The Labute approximate surface area is 104 Å². The van der Waals surface area contributed by atoms with Crippen LogP contribution in [0, 0.1) is 10.1 Å². The first-order valence-electron chi connectivity index (χ1n) is 4.51. The highest BCUT2D eigenvalue weighted by atomic mass is 35.5. The Kier molecular flexibility index (Phi) is 9.80. The van der Waals surface area contributed by atoms with Crippen LogP contribution in [0.5, 0.6) is 0 Å². The smallest absolute Gasteiger partial charge is 0.334 e. The van der Waals surface area contributed by atoms with E-state index in [-0.39, 0.29) is 24.8 Å². The Morgan fingerprint density at radius 1 is 1.59 bits per heavy atom. The van der Waals surface area contributed by atoms with Crippen LogP contribution in [-0.2, 0) is 9.53 Å². The first-order valence-corrected chi connectivity index (χ1v) is 4.51. The second kappa shape index (κ2) is 9.46. The number of hydrazine groups is 1. The Hall–Kier alpha value is -1.77. The summed E-state index contributed by atoms with van der Waals surface area (Å²) in [5.41, 5.74) is 12.0. The lowest BCUT2D eigenvalue weighted by Crippen LogP contribution is -2.41. The minimum absolute atomic E-state index is 0. The number of nitro groups is 1. The molecule has 0 saturated carbocycles. The third kappa shape index (κ3) is 9.18. The summed E-state index contributed by atoms with van der Waals surface area (Å²) in [6, 6.07) is -0.991. The number of aliphatic imine (C=N–C) groups is 1. The van der Waals surface area contributed by atoms with Crippen molar-refractivity contribution in [2.24, 2.45) is 16.5 Å². The van der Waals surface area contributed by atoms with E-state index in [4.69, 9.17) is 11.5 Å². The lowest BCUT2D eigenvalue weighted by Gasteiger charge is -2.10. The molecule has 0 heterocycles. The molecule has 0 aliphatic carbocycles. The van der Waals surface area contributed by atoms with E-state index in [0.29, 0.717) is 13.0 Å². The topological polar surface area (TPSA) is 146 Å². The minimum Gasteiger partial charge on any atom is -0.467 e. The molecule has 1 atom stereocenters. The Morgan fingerprint density at radius 3 is 2.59 bits per heavy atom. The molecule has 0 fully saturated rings. The molecule has 100 valence electrons. The van der Waals surface area contributed by atoms with Crippen LogP contribution in [-0.4, -0.2) is 36.7 Å². The van der Waals surface area contributed by atoms with Gasteiger partial charge >= 0.3 is 5.97 Å². The number of methoxy groups -OCH3 is 1. The van der Waals surface area contributed by atoms with Gasteiger partial charge in [0.2, 0.25) is 0 Å². The van der Waals surface area contributed by atoms with Crippen molar-refractivity contribution in [3.05, 3.63) is 10.1 Å². The van der Waals surface area contributed by atoms with Crippen LogP contribution in [0.1, 0.15) is 12.8 Å². The maximum atomic E-state index is 11.1. The average molecular weight is 270 g/mol. The van der Waals surface area contributed by atoms with Gasteiger partial charge in [-0.25, -0.2) is 14.9 Å². The zero-order valence-corrected chi connectivity index (χ0v) is 10.1. The first kappa shape index (κ1) is 17.6. The van der Waals surface area contributed by atoms with Gasteiger partial charge in [0.1, 0.15) is 0 Å². The van der Waals surface area contributed by atoms with Crippen molar-refractivity contribution in [3.63, 3.8) is 0 Å². The Bertz CT molecular complexity index is 281. The van der Waals surface area contributed by atoms with Crippen molar-refractivity contribution >= 4 is 24.3 Å². The molecule has 9 nitrogen and oxygen atoms in total. The molecule has 0 saturated heterocycles. The lowest BCUT2D eigenvalue weighted by molar-refractivity contribution is -0.549. The summed E-state index contributed by atoms with van der Waals surface area (Å²) in [4.78, 5) is 25.0. The number of nitrogens with two attached hydrogens (primary N) is 2. The largest absolute Gasteiger partial charge is 0.467 e. The lowest BCUT2D eigenvalue weighted by atomic mass is 10.1. The van der Waals surface area contributed by atoms with Crippen molar-refractivity contribution in [2.75, 3.05) is 13.7 Å². The Morgan fingerprint density at radius 2 is 2.18 bits per heavy atom. The molecular weight excluding hydrogens is 254 g/mol. The monoisotopic (exact) mass is 269 g/mol. The molecule has 17 heavy (non-hydrogen) atoms. The van der Waals surface area contributed by atoms with Gasteiger partial charge in [-0.15, -0.1) is 17.8 Å². The average Bonchev–Trinajstić information content (AvgIpc) is 2.20. The highest BCUT2D eigenvalue weighted by Crippen LogP contribution is 2.00. The summed E-state index contributed by atoms with van der Waals surface area (Å²) in [6.45, 7) is 0.301. The number of guanidine groups is 1. The quantitative estimate of drug-likeness (QED) is 0.131. The summed E-state index contributed by atoms with van der Waals surface area (Å²) in [6.07, 6.45) is 0.642. The number of carbonyl (C=O) groups is 1. The molecule has 1 unspecified atom stereocenters. The fourth-order valence-corrected chi connectivity index (χ4v) is 1.01. The van der Waals surface area contributed by atoms with Gasteiger partial charge in [0.25, 0.3) is 0 Å². The molecule has 10 heteroatoms. The van der Waals surface area contributed by atoms with Gasteiger partial charge in [0.05, 0.1) is 7.11 Å². The molecule has 0 aromatic carbocycles. The van der Waals surface area contributed by atoms with Crippen molar-refractivity contribution in [3.8, 4) is 0 Å². The van der Waals surface area contributed by atoms with Crippen molar-refractivity contribution in [1.82, 2.24) is 5.43 Å². The maximum absolute atomic E-state index is 11.1. The highest BCUT2D eigenvalue weighted by Gasteiger charge is 2.22. The van der Waals surface area contributed by atoms with Crippen molar-refractivity contribution in [1.29, 1.82) is 0 Å². The number of hydrogen-bond acceptors (Lipinski definition) is 5. The zero-order valence-electron chi connectivity index (χ0n) is 9.29. The molecule has 5 N–H and O–H groups in total. The minimum atomic E-state index is -0.991. The Balaban J connectivity index is 0. The van der Waals surface area contributed by atoms with Gasteiger partial charge in [-0.1, -0.05) is 0 Å². The van der Waals surface area contributed by atoms with Crippen molar-refractivity contribution in [2.45, 2.75) is 18.9 Å². The number of rotatable bonds is 7. The van der Waals surface area contributed by atoms with Gasteiger partial charge in [0, 0.05) is 6.54 Å². The van der Waals surface area contributed by atoms with E-state index < -0.39 is 17.0 Å². The molecule has 0 rings (SSSR count). The van der Waals surface area contributed by atoms with Crippen LogP contribution < -0.4 is 16.9 Å². The molecule has 0 aromatic rings. The van der Waals surface area contributed by atoms with E-state index in [0.717, 1.165) is 7.11 Å². The second-order valence-corrected chi connectivity index (χ2v) is 2.91. The molecule has 0 spiro atoms. The molecule has 0 aliphatic heterocycles. The zero-order chi connectivity index (χ0) is 12.6. The van der Waals surface area contributed by atoms with E-state index in [1.165, 1.54) is 0 Å². The summed E-state index contributed by atoms with van der Waals surface area (Å²) in [5, 5.41) is 9.40. The summed E-state index contributed by atoms with van der Waals surface area (Å²) in [5.74, 6) is -0.752. The molecule has 0 amide bonds. The van der Waals surface area contributed by atoms with Crippen LogP contribution in [0.2, 0.25) is 0 Å². The van der Waals surface area contributed by atoms with Crippen LogP contribution in [0.4, 0.5) is 0 Å². The number of hydrogen-bond donors (Lipinski definition) is 3. The fraction of sp³-hybridized carbons (Fsp3) is 0.714. The van der Waals surface area contributed by atoms with Gasteiger partial charge in [-0.3, -0.25) is 4.99 Å². The molecule has 0 radical (unpaired) electrons. The predicted molar refractivity (Wildman–Crippen MR) is 63.1 cm³/mol. The van der Waals surface area contributed by atoms with Crippen LogP contribution in [0.15, 0.2) is 4.99 Å². The first-order chi connectivity index (χ1) is 7.47. The number of nitrogens with zero attached hydrogens (tertiary/aromatic N) is 2. The summed E-state index contributed by atoms with van der Waals surface area (Å²) in [7, 11) is 1.16. The molecular formula is C7H16ClN5O4. The van der Waals surface area contributed by atoms with Gasteiger partial charge < -0.3 is 16.2 Å². The summed E-state index contributed by atoms with van der Waals surface area (Å²) < 4.78 is 4.40. The van der Waals surface area contributed by atoms with Crippen LogP contribution in [0.3, 0.4) is 0 Å². The number of carbonyl (C=O) groups excluding carboxylic acids is 1. The third-order valence-electron chi connectivity index (χ3n) is 1.69. The number of esters is 1. The van der Waals surface area contributed by atoms with E-state index in [2.05, 4.69) is 9.73 Å². The van der Waals surface area contributed by atoms with E-state index >= 15 is 0 Å². The molecule has 0 bridgehead atoms. The number of nitrogens with one attached hydrogen (secondary N) is 1.